The van der Waals surface area contributed by atoms with Crippen molar-refractivity contribution in [1.82, 2.24) is 9.62 Å². The average Bonchev–Trinajstić information content (AvgIpc) is 2.58. The number of piperidine rings is 1. The van der Waals surface area contributed by atoms with Gasteiger partial charge in [0.2, 0.25) is 5.91 Å². The first kappa shape index (κ1) is 23.6. The molecule has 3 N–H and O–H groups in total. The third kappa shape index (κ3) is 7.59. The lowest BCUT2D eigenvalue weighted by atomic mass is 10.0. The smallest absolute Gasteiger partial charge is 0.343 e. The highest BCUT2D eigenvalue weighted by molar-refractivity contribution is 7.83. The Morgan fingerprint density at radius 2 is 1.76 bits per heavy atom. The molecule has 1 aromatic rings. The second-order valence-electron chi connectivity index (χ2n) is 6.90. The van der Waals surface area contributed by atoms with E-state index >= 15 is 0 Å². The Hall–Kier alpha value is -1.66. The van der Waals surface area contributed by atoms with Gasteiger partial charge in [0.05, 0.1) is 0 Å². The fraction of sp³-hybridized carbons (Fsp3) is 0.588. The number of carbonyl (C=O) groups is 1. The lowest BCUT2D eigenvalue weighted by molar-refractivity contribution is -0.132. The van der Waals surface area contributed by atoms with Gasteiger partial charge in [-0.25, -0.2) is 22.1 Å². The van der Waals surface area contributed by atoms with Gasteiger partial charge in [0.15, 0.2) is 11.6 Å². The van der Waals surface area contributed by atoms with Gasteiger partial charge in [-0.05, 0) is 30.9 Å². The van der Waals surface area contributed by atoms with Crippen molar-refractivity contribution in [3.8, 4) is 0 Å². The number of halogens is 6. The number of nitrogens with two attached hydrogens (primary N) is 1. The van der Waals surface area contributed by atoms with Crippen molar-refractivity contribution in [2.75, 3.05) is 18.8 Å². The van der Waals surface area contributed by atoms with Gasteiger partial charge in [0, 0.05) is 37.7 Å². The van der Waals surface area contributed by atoms with E-state index < -0.39 is 52.5 Å². The number of likely N-dealkylation sites (tertiary alicyclic amines) is 1. The lowest BCUT2D eigenvalue weighted by Crippen LogP contribution is -2.47. The highest BCUT2D eigenvalue weighted by Gasteiger charge is 2.32. The minimum atomic E-state index is -4.53. The number of hydrogen-bond donors (Lipinski definition) is 2. The molecule has 29 heavy (non-hydrogen) atoms. The zero-order chi connectivity index (χ0) is 21.8. The van der Waals surface area contributed by atoms with Gasteiger partial charge in [0.25, 0.3) is 0 Å². The van der Waals surface area contributed by atoms with E-state index in [4.69, 9.17) is 5.73 Å². The van der Waals surface area contributed by atoms with Gasteiger partial charge >= 0.3 is 6.18 Å². The molecule has 12 heteroatoms. The van der Waals surface area contributed by atoms with E-state index in [1.807, 2.05) is 0 Å². The molecule has 0 aromatic heterocycles. The third-order valence-electron chi connectivity index (χ3n) is 4.45. The van der Waals surface area contributed by atoms with E-state index in [1.165, 1.54) is 4.90 Å². The Morgan fingerprint density at radius 3 is 2.34 bits per heavy atom. The first-order chi connectivity index (χ1) is 13.4. The van der Waals surface area contributed by atoms with Gasteiger partial charge in [-0.2, -0.15) is 13.2 Å². The van der Waals surface area contributed by atoms with Crippen molar-refractivity contribution in [1.29, 1.82) is 0 Å². The van der Waals surface area contributed by atoms with Gasteiger partial charge in [-0.3, -0.25) is 4.79 Å². The van der Waals surface area contributed by atoms with E-state index in [-0.39, 0.29) is 37.4 Å². The summed E-state index contributed by atoms with van der Waals surface area (Å²) < 4.78 is 90.3. The largest absolute Gasteiger partial charge is 0.401 e. The van der Waals surface area contributed by atoms with Crippen LogP contribution in [0.5, 0.6) is 0 Å². The van der Waals surface area contributed by atoms with Crippen LogP contribution in [-0.2, 0) is 22.2 Å². The topological polar surface area (TPSA) is 75.4 Å². The van der Waals surface area contributed by atoms with Crippen molar-refractivity contribution in [2.24, 2.45) is 5.73 Å². The summed E-state index contributed by atoms with van der Waals surface area (Å²) in [6, 6.07) is -0.114. The SMILES string of the molecule is NC(CC(=O)N1CCC(NS(=O)CC(F)(F)F)CC1)Cc1cc(F)c(F)cc1F. The maximum absolute atomic E-state index is 13.7. The van der Waals surface area contributed by atoms with Crippen LogP contribution >= 0.6 is 0 Å². The van der Waals surface area contributed by atoms with Crippen LogP contribution in [0.1, 0.15) is 24.8 Å². The molecule has 1 fully saturated rings. The van der Waals surface area contributed by atoms with Crippen LogP contribution in [0, 0.1) is 17.5 Å². The van der Waals surface area contributed by atoms with Crippen molar-refractivity contribution in [3.05, 3.63) is 35.1 Å². The number of hydrogen-bond acceptors (Lipinski definition) is 3. The average molecular weight is 445 g/mol. The second kappa shape index (κ2) is 9.90. The number of amides is 1. The molecule has 1 aliphatic rings. The van der Waals surface area contributed by atoms with Crippen LogP contribution in [0.3, 0.4) is 0 Å². The van der Waals surface area contributed by atoms with Crippen molar-refractivity contribution in [3.63, 3.8) is 0 Å². The summed E-state index contributed by atoms with van der Waals surface area (Å²) in [5, 5.41) is 0. The minimum absolute atomic E-state index is 0.140. The highest BCUT2D eigenvalue weighted by Crippen LogP contribution is 2.19. The molecule has 164 valence electrons. The predicted octanol–water partition coefficient (Wildman–Crippen LogP) is 2.17. The molecular formula is C17H21F6N3O2S. The zero-order valence-corrected chi connectivity index (χ0v) is 16.1. The second-order valence-corrected chi connectivity index (χ2v) is 8.12. The van der Waals surface area contributed by atoms with Gasteiger partial charge in [-0.1, -0.05) is 0 Å². The Morgan fingerprint density at radius 1 is 1.17 bits per heavy atom. The normalized spacial score (nSPS) is 18.0. The molecule has 2 atom stereocenters. The summed E-state index contributed by atoms with van der Waals surface area (Å²) in [7, 11) is -2.24. The van der Waals surface area contributed by atoms with Gasteiger partial charge in [0.1, 0.15) is 22.6 Å². The van der Waals surface area contributed by atoms with Crippen LogP contribution in [0.15, 0.2) is 12.1 Å². The molecule has 2 unspecified atom stereocenters. The quantitative estimate of drug-likeness (QED) is 0.499. The Balaban J connectivity index is 1.79. The summed E-state index contributed by atoms with van der Waals surface area (Å²) in [5.74, 6) is -5.26. The molecular weight excluding hydrogens is 424 g/mol. The molecule has 1 amide bonds. The third-order valence-corrected chi connectivity index (χ3v) is 5.63. The first-order valence-electron chi connectivity index (χ1n) is 8.82. The van der Waals surface area contributed by atoms with Crippen LogP contribution in [-0.4, -0.2) is 52.1 Å². The molecule has 1 aliphatic heterocycles. The fourth-order valence-electron chi connectivity index (χ4n) is 3.05. The van der Waals surface area contributed by atoms with E-state index in [0.717, 1.165) is 0 Å². The molecule has 0 saturated carbocycles. The highest BCUT2D eigenvalue weighted by atomic mass is 32.2. The predicted molar refractivity (Wildman–Crippen MR) is 94.4 cm³/mol. The monoisotopic (exact) mass is 445 g/mol. The maximum atomic E-state index is 13.7. The molecule has 1 aromatic carbocycles. The number of alkyl halides is 3. The van der Waals surface area contributed by atoms with Gasteiger partial charge in [-0.15, -0.1) is 0 Å². The number of carbonyl (C=O) groups excluding carboxylic acids is 1. The molecule has 0 bridgehead atoms. The standard InChI is InChI=1S/C17H21F6N3O2S/c18-13-8-15(20)14(19)6-10(13)5-11(24)7-16(27)26-3-1-12(2-4-26)25-29(28)9-17(21,22)23/h6,8,11-12,25H,1-5,7,9,24H2. The number of nitrogens with one attached hydrogen (secondary N) is 1. The van der Waals surface area contributed by atoms with Crippen molar-refractivity contribution < 1.29 is 35.3 Å². The van der Waals surface area contributed by atoms with E-state index in [2.05, 4.69) is 4.72 Å². The molecule has 1 heterocycles. The Kier molecular flexibility index (Phi) is 8.06. The minimum Gasteiger partial charge on any atom is -0.343 e. The van der Waals surface area contributed by atoms with Crippen molar-refractivity contribution >= 4 is 16.9 Å². The van der Waals surface area contributed by atoms with Crippen molar-refractivity contribution in [2.45, 2.75) is 43.9 Å². The maximum Gasteiger partial charge on any atom is 0.401 e. The van der Waals surface area contributed by atoms with Crippen LogP contribution in [0.25, 0.3) is 0 Å². The molecule has 5 nitrogen and oxygen atoms in total. The number of nitrogens with zero attached hydrogens (tertiary/aromatic N) is 1. The van der Waals surface area contributed by atoms with Crippen LogP contribution in [0.4, 0.5) is 26.3 Å². The molecule has 0 aliphatic carbocycles. The van der Waals surface area contributed by atoms with E-state index in [1.54, 1.807) is 0 Å². The summed E-state index contributed by atoms with van der Waals surface area (Å²) in [5.41, 5.74) is 5.69. The van der Waals surface area contributed by atoms with E-state index in [0.29, 0.717) is 25.0 Å². The number of rotatable bonds is 7. The van der Waals surface area contributed by atoms with Crippen LogP contribution < -0.4 is 10.5 Å². The summed E-state index contributed by atoms with van der Waals surface area (Å²) >= 11 is 0. The van der Waals surface area contributed by atoms with E-state index in [9.17, 15) is 35.3 Å². The molecule has 1 saturated heterocycles. The Bertz CT molecular complexity index is 753. The Labute approximate surface area is 166 Å². The van der Waals surface area contributed by atoms with Gasteiger partial charge < -0.3 is 10.6 Å². The first-order valence-corrected chi connectivity index (χ1v) is 10.1. The summed E-state index contributed by atoms with van der Waals surface area (Å²) in [6.45, 7) is 0.484. The van der Waals surface area contributed by atoms with Crippen LogP contribution in [0.2, 0.25) is 0 Å². The summed E-state index contributed by atoms with van der Waals surface area (Å²) in [6.07, 6.45) is -4.21. The number of benzene rings is 1. The lowest BCUT2D eigenvalue weighted by Gasteiger charge is -2.32. The molecule has 2 rings (SSSR count). The zero-order valence-electron chi connectivity index (χ0n) is 15.3. The molecule has 0 spiro atoms. The summed E-state index contributed by atoms with van der Waals surface area (Å²) in [4.78, 5) is 13.8. The molecule has 0 radical (unpaired) electrons. The fourth-order valence-corrected chi connectivity index (χ4v) is 4.04.